The van der Waals surface area contributed by atoms with E-state index in [0.29, 0.717) is 11.8 Å². The molecule has 0 aliphatic rings. The molecule has 0 aliphatic heterocycles. The summed E-state index contributed by atoms with van der Waals surface area (Å²) in [5.74, 6) is -1.25. The van der Waals surface area contributed by atoms with E-state index < -0.39 is 33.6 Å². The van der Waals surface area contributed by atoms with Crippen LogP contribution in [0.4, 0.5) is 0 Å². The number of benzene rings is 2. The van der Waals surface area contributed by atoms with Crippen LogP contribution in [0.25, 0.3) is 11.0 Å². The number of esters is 1. The maximum absolute atomic E-state index is 13.0. The summed E-state index contributed by atoms with van der Waals surface area (Å²) in [6.07, 6.45) is 2.54. The molecule has 3 rings (SSSR count). The van der Waals surface area contributed by atoms with Crippen LogP contribution in [-0.2, 0) is 21.2 Å². The molecule has 1 heterocycles. The molecule has 0 aliphatic carbocycles. The average molecular weight is 506 g/mol. The van der Waals surface area contributed by atoms with Gasteiger partial charge in [-0.25, -0.2) is 18.0 Å². The van der Waals surface area contributed by atoms with Crippen LogP contribution in [0.3, 0.4) is 0 Å². The highest BCUT2D eigenvalue weighted by atomic mass is 35.5. The topological polar surface area (TPSA) is 103 Å². The summed E-state index contributed by atoms with van der Waals surface area (Å²) in [6, 6.07) is 9.54. The monoisotopic (exact) mass is 505 g/mol. The Morgan fingerprint density at radius 2 is 1.82 bits per heavy atom. The van der Waals surface area contributed by atoms with Gasteiger partial charge in [0.1, 0.15) is 11.6 Å². The van der Waals surface area contributed by atoms with Gasteiger partial charge in [-0.2, -0.15) is 4.72 Å². The molecule has 0 spiro atoms. The minimum absolute atomic E-state index is 0.0184. The van der Waals surface area contributed by atoms with Gasteiger partial charge in [-0.1, -0.05) is 56.5 Å². The lowest BCUT2D eigenvalue weighted by atomic mass is 10.0. The van der Waals surface area contributed by atoms with Gasteiger partial charge in [0, 0.05) is 17.5 Å². The number of nitrogens with one attached hydrogen (secondary N) is 1. The Hall–Kier alpha value is -2.68. The highest BCUT2D eigenvalue weighted by molar-refractivity contribution is 7.89. The molecule has 1 N–H and O–H groups in total. The zero-order valence-corrected chi connectivity index (χ0v) is 21.1. The molecular weight excluding hydrogens is 478 g/mol. The number of unbranched alkanes of at least 4 members (excludes halogenated alkanes) is 1. The summed E-state index contributed by atoms with van der Waals surface area (Å²) in [7, 11) is -3.97. The lowest BCUT2D eigenvalue weighted by Crippen LogP contribution is -2.46. The van der Waals surface area contributed by atoms with Crippen molar-refractivity contribution < 1.29 is 22.4 Å². The normalized spacial score (nSPS) is 12.8. The molecule has 34 heavy (non-hydrogen) atoms. The van der Waals surface area contributed by atoms with Gasteiger partial charge >= 0.3 is 11.6 Å². The molecule has 1 atom stereocenters. The van der Waals surface area contributed by atoms with E-state index in [2.05, 4.69) is 11.6 Å². The third-order valence-corrected chi connectivity index (χ3v) is 7.18. The number of hydrogen-bond donors (Lipinski definition) is 1. The molecule has 1 aromatic heterocycles. The third-order valence-electron chi connectivity index (χ3n) is 5.43. The summed E-state index contributed by atoms with van der Waals surface area (Å²) < 4.78 is 38.9. The van der Waals surface area contributed by atoms with E-state index >= 15 is 0 Å². The second-order valence-electron chi connectivity index (χ2n) is 8.55. The van der Waals surface area contributed by atoms with E-state index in [0.717, 1.165) is 24.0 Å². The molecular formula is C25H28ClNO6S. The van der Waals surface area contributed by atoms with Gasteiger partial charge < -0.3 is 9.15 Å². The summed E-state index contributed by atoms with van der Waals surface area (Å²) >= 11 is 6.39. The van der Waals surface area contributed by atoms with E-state index in [9.17, 15) is 18.0 Å². The quantitative estimate of drug-likeness (QED) is 0.249. The summed E-state index contributed by atoms with van der Waals surface area (Å²) in [5.41, 5.74) is 1.45. The molecule has 0 saturated carbocycles. The molecule has 0 radical (unpaired) electrons. The fourth-order valence-electron chi connectivity index (χ4n) is 3.46. The van der Waals surface area contributed by atoms with E-state index in [4.69, 9.17) is 20.8 Å². The molecule has 0 fully saturated rings. The first-order valence-electron chi connectivity index (χ1n) is 11.1. The molecule has 2 aromatic carbocycles. The number of rotatable bonds is 9. The number of carbonyl (C=O) groups excluding carboxylic acids is 1. The molecule has 0 saturated heterocycles. The minimum Gasteiger partial charge on any atom is -0.424 e. The van der Waals surface area contributed by atoms with E-state index in [-0.39, 0.29) is 21.3 Å². The van der Waals surface area contributed by atoms with Crippen LogP contribution in [0, 0.1) is 12.8 Å². The minimum atomic E-state index is -3.97. The Morgan fingerprint density at radius 3 is 2.44 bits per heavy atom. The number of fused-ring (bicyclic) bond motifs is 1. The number of ether oxygens (including phenoxy) is 1. The van der Waals surface area contributed by atoms with Crippen molar-refractivity contribution in [3.8, 4) is 5.75 Å². The molecule has 0 amide bonds. The van der Waals surface area contributed by atoms with Crippen LogP contribution in [-0.4, -0.2) is 20.4 Å². The molecule has 7 nitrogen and oxygen atoms in total. The second kappa shape index (κ2) is 10.7. The molecule has 3 aromatic rings. The zero-order chi connectivity index (χ0) is 25.0. The summed E-state index contributed by atoms with van der Waals surface area (Å²) in [6.45, 7) is 7.30. The Labute approximate surface area is 204 Å². The van der Waals surface area contributed by atoms with Gasteiger partial charge in [0.15, 0.2) is 5.75 Å². The lowest BCUT2D eigenvalue weighted by Gasteiger charge is -2.21. The fourth-order valence-corrected chi connectivity index (χ4v) is 5.00. The largest absolute Gasteiger partial charge is 0.424 e. The van der Waals surface area contributed by atoms with Gasteiger partial charge in [-0.3, -0.25) is 0 Å². The Bertz CT molecular complexity index is 1350. The Morgan fingerprint density at radius 1 is 1.15 bits per heavy atom. The van der Waals surface area contributed by atoms with Gasteiger partial charge in [-0.05, 0) is 49.4 Å². The van der Waals surface area contributed by atoms with Crippen LogP contribution < -0.4 is 15.1 Å². The molecule has 1 unspecified atom stereocenters. The lowest BCUT2D eigenvalue weighted by molar-refractivity contribution is -0.137. The van der Waals surface area contributed by atoms with Gasteiger partial charge in [-0.15, -0.1) is 0 Å². The maximum Gasteiger partial charge on any atom is 0.336 e. The first-order valence-corrected chi connectivity index (χ1v) is 12.9. The van der Waals surface area contributed by atoms with E-state index in [1.54, 1.807) is 32.0 Å². The van der Waals surface area contributed by atoms with Gasteiger partial charge in [0.2, 0.25) is 10.0 Å². The van der Waals surface area contributed by atoms with Crippen molar-refractivity contribution >= 4 is 38.6 Å². The average Bonchev–Trinajstić information content (AvgIpc) is 2.76. The van der Waals surface area contributed by atoms with Gasteiger partial charge in [0.25, 0.3) is 0 Å². The van der Waals surface area contributed by atoms with Crippen LogP contribution in [0.15, 0.2) is 56.6 Å². The Kier molecular flexibility index (Phi) is 8.17. The van der Waals surface area contributed by atoms with Gasteiger partial charge in [0.05, 0.1) is 9.92 Å². The van der Waals surface area contributed by atoms with E-state index in [1.807, 2.05) is 6.92 Å². The molecule has 9 heteroatoms. The number of aryl methyl sites for hydroxylation is 2. The number of sulfonamides is 1. The van der Waals surface area contributed by atoms with Crippen molar-refractivity contribution in [2.75, 3.05) is 0 Å². The predicted molar refractivity (Wildman–Crippen MR) is 132 cm³/mol. The number of halogens is 1. The first-order chi connectivity index (χ1) is 16.0. The van der Waals surface area contributed by atoms with Crippen molar-refractivity contribution in [2.24, 2.45) is 5.92 Å². The summed E-state index contributed by atoms with van der Waals surface area (Å²) in [5, 5.41) is 0.815. The SMILES string of the molecule is CCCCc1cc(=O)oc2cc(OC(=O)C(NS(=O)(=O)c3ccc(C)cc3)C(C)C)c(Cl)cc12. The standard InChI is InChI=1S/C25H28ClNO6S/c1-5-6-7-17-12-23(28)32-21-14-22(20(26)13-19(17)21)33-25(29)24(15(2)3)27-34(30,31)18-10-8-16(4)9-11-18/h8-15,24,27H,5-7H2,1-4H3. The third kappa shape index (κ3) is 6.05. The smallest absolute Gasteiger partial charge is 0.336 e. The van der Waals surface area contributed by atoms with Crippen molar-refractivity contribution in [1.82, 2.24) is 4.72 Å². The van der Waals surface area contributed by atoms with Crippen molar-refractivity contribution in [2.45, 2.75) is 57.9 Å². The predicted octanol–water partition coefficient (Wildman–Crippen LogP) is 5.01. The summed E-state index contributed by atoms with van der Waals surface area (Å²) in [4.78, 5) is 25.0. The highest BCUT2D eigenvalue weighted by Crippen LogP contribution is 2.32. The highest BCUT2D eigenvalue weighted by Gasteiger charge is 2.30. The molecule has 182 valence electrons. The fraction of sp³-hybridized carbons (Fsp3) is 0.360. The van der Waals surface area contributed by atoms with Crippen molar-refractivity contribution in [1.29, 1.82) is 0 Å². The van der Waals surface area contributed by atoms with Crippen LogP contribution in [0.2, 0.25) is 5.02 Å². The van der Waals surface area contributed by atoms with Crippen molar-refractivity contribution in [3.63, 3.8) is 0 Å². The maximum atomic E-state index is 13.0. The van der Waals surface area contributed by atoms with Crippen LogP contribution in [0.1, 0.15) is 44.7 Å². The Balaban J connectivity index is 1.89. The van der Waals surface area contributed by atoms with Crippen LogP contribution >= 0.6 is 11.6 Å². The van der Waals surface area contributed by atoms with Crippen LogP contribution in [0.5, 0.6) is 5.75 Å². The molecule has 0 bridgehead atoms. The number of carbonyl (C=O) groups is 1. The van der Waals surface area contributed by atoms with E-state index in [1.165, 1.54) is 24.3 Å². The second-order valence-corrected chi connectivity index (χ2v) is 10.7. The first kappa shape index (κ1) is 25.9. The number of hydrogen-bond acceptors (Lipinski definition) is 6. The zero-order valence-electron chi connectivity index (χ0n) is 19.6. The van der Waals surface area contributed by atoms with Crippen molar-refractivity contribution in [3.05, 3.63) is 69.0 Å².